The zero-order valence-electron chi connectivity index (χ0n) is 17.2. The van der Waals surface area contributed by atoms with E-state index in [1.54, 1.807) is 19.1 Å². The Kier molecular flexibility index (Phi) is 6.08. The van der Waals surface area contributed by atoms with Crippen molar-refractivity contribution in [3.8, 4) is 0 Å². The van der Waals surface area contributed by atoms with Crippen molar-refractivity contribution in [3.05, 3.63) is 53.6 Å². The van der Waals surface area contributed by atoms with E-state index < -0.39 is 20.0 Å². The monoisotopic (exact) mass is 436 g/mol. The number of nitrogens with zero attached hydrogens (tertiary/aromatic N) is 1. The van der Waals surface area contributed by atoms with Crippen LogP contribution in [0.3, 0.4) is 0 Å². The van der Waals surface area contributed by atoms with Crippen LogP contribution in [0.4, 0.5) is 5.69 Å². The van der Waals surface area contributed by atoms with Crippen LogP contribution < -0.4 is 4.72 Å². The van der Waals surface area contributed by atoms with Crippen molar-refractivity contribution in [3.63, 3.8) is 0 Å². The fraction of sp³-hybridized carbons (Fsp3) is 0.429. The second-order valence-electron chi connectivity index (χ2n) is 8.17. The summed E-state index contributed by atoms with van der Waals surface area (Å²) in [7, 11) is -7.36. The molecule has 0 aromatic heterocycles. The Balaban J connectivity index is 1.82. The van der Waals surface area contributed by atoms with Crippen molar-refractivity contribution < 1.29 is 16.8 Å². The molecule has 1 aliphatic heterocycles. The zero-order chi connectivity index (χ0) is 21.4. The lowest BCUT2D eigenvalue weighted by molar-refractivity contribution is 0.222. The molecule has 2 aromatic carbocycles. The normalized spacial score (nSPS) is 21.1. The number of piperidine rings is 1. The zero-order valence-corrected chi connectivity index (χ0v) is 18.8. The Morgan fingerprint density at radius 1 is 0.897 bits per heavy atom. The predicted octanol–water partition coefficient (Wildman–Crippen LogP) is 3.77. The summed E-state index contributed by atoms with van der Waals surface area (Å²) >= 11 is 0. The SMILES string of the molecule is Cc1ccc(C)c(S(=O)(=O)Nc2ccc(S(=O)(=O)N3C[C@H](C)C[C@H](C)C3)cc2)c1. The molecular weight excluding hydrogens is 408 g/mol. The third-order valence-corrected chi connectivity index (χ3v) is 8.58. The summed E-state index contributed by atoms with van der Waals surface area (Å²) in [6, 6.07) is 11.1. The highest BCUT2D eigenvalue weighted by atomic mass is 32.2. The molecular formula is C21H28N2O4S2. The lowest BCUT2D eigenvalue weighted by Crippen LogP contribution is -2.42. The van der Waals surface area contributed by atoms with Crippen molar-refractivity contribution in [2.45, 2.75) is 43.9 Å². The summed E-state index contributed by atoms with van der Waals surface area (Å²) < 4.78 is 55.5. The fourth-order valence-electron chi connectivity index (χ4n) is 3.85. The van der Waals surface area contributed by atoms with Gasteiger partial charge in [0.15, 0.2) is 0 Å². The molecule has 1 N–H and O–H groups in total. The first-order valence-electron chi connectivity index (χ1n) is 9.69. The van der Waals surface area contributed by atoms with Crippen LogP contribution in [0.25, 0.3) is 0 Å². The molecule has 1 aliphatic rings. The minimum absolute atomic E-state index is 0.175. The van der Waals surface area contributed by atoms with Crippen LogP contribution in [-0.4, -0.2) is 34.2 Å². The topological polar surface area (TPSA) is 83.5 Å². The van der Waals surface area contributed by atoms with Gasteiger partial charge < -0.3 is 0 Å². The lowest BCUT2D eigenvalue weighted by atomic mass is 9.94. The molecule has 1 fully saturated rings. The molecule has 2 aromatic rings. The van der Waals surface area contributed by atoms with E-state index in [2.05, 4.69) is 18.6 Å². The van der Waals surface area contributed by atoms with Crippen molar-refractivity contribution in [2.24, 2.45) is 11.8 Å². The molecule has 158 valence electrons. The molecule has 8 heteroatoms. The van der Waals surface area contributed by atoms with Crippen molar-refractivity contribution >= 4 is 25.7 Å². The number of aryl methyl sites for hydroxylation is 2. The minimum Gasteiger partial charge on any atom is -0.280 e. The van der Waals surface area contributed by atoms with Gasteiger partial charge in [-0.15, -0.1) is 0 Å². The third kappa shape index (κ3) is 4.82. The van der Waals surface area contributed by atoms with Crippen LogP contribution in [0.15, 0.2) is 52.3 Å². The number of hydrogen-bond acceptors (Lipinski definition) is 4. The van der Waals surface area contributed by atoms with Gasteiger partial charge in [-0.05, 0) is 73.6 Å². The Hall–Kier alpha value is -1.90. The van der Waals surface area contributed by atoms with Gasteiger partial charge in [0.25, 0.3) is 10.0 Å². The quantitative estimate of drug-likeness (QED) is 0.773. The Bertz CT molecular complexity index is 1080. The molecule has 0 radical (unpaired) electrons. The molecule has 0 aliphatic carbocycles. The van der Waals surface area contributed by atoms with Crippen LogP contribution in [0.5, 0.6) is 0 Å². The second kappa shape index (κ2) is 8.08. The summed E-state index contributed by atoms with van der Waals surface area (Å²) in [5.74, 6) is 0.634. The Labute approximate surface area is 174 Å². The lowest BCUT2D eigenvalue weighted by Gasteiger charge is -2.34. The molecule has 29 heavy (non-hydrogen) atoms. The van der Waals surface area contributed by atoms with Crippen LogP contribution >= 0.6 is 0 Å². The van der Waals surface area contributed by atoms with Gasteiger partial charge in [-0.2, -0.15) is 4.31 Å². The molecule has 3 rings (SSSR count). The maximum absolute atomic E-state index is 13.0. The maximum Gasteiger partial charge on any atom is 0.262 e. The number of rotatable bonds is 5. The number of nitrogens with one attached hydrogen (secondary N) is 1. The third-order valence-electron chi connectivity index (χ3n) is 5.21. The first-order valence-corrected chi connectivity index (χ1v) is 12.6. The van der Waals surface area contributed by atoms with Gasteiger partial charge in [0.05, 0.1) is 9.79 Å². The molecule has 1 saturated heterocycles. The minimum atomic E-state index is -3.76. The van der Waals surface area contributed by atoms with E-state index in [0.29, 0.717) is 36.2 Å². The van der Waals surface area contributed by atoms with E-state index in [-0.39, 0.29) is 9.79 Å². The molecule has 1 heterocycles. The maximum atomic E-state index is 13.0. The number of anilines is 1. The summed E-state index contributed by atoms with van der Waals surface area (Å²) in [4.78, 5) is 0.388. The van der Waals surface area contributed by atoms with Crippen LogP contribution in [0.2, 0.25) is 0 Å². The molecule has 0 bridgehead atoms. The van der Waals surface area contributed by atoms with Crippen molar-refractivity contribution in [1.82, 2.24) is 4.31 Å². The summed E-state index contributed by atoms with van der Waals surface area (Å²) in [6.07, 6.45) is 1.02. The second-order valence-corrected chi connectivity index (χ2v) is 11.8. The first-order chi connectivity index (χ1) is 13.5. The van der Waals surface area contributed by atoms with E-state index in [9.17, 15) is 16.8 Å². The van der Waals surface area contributed by atoms with Crippen LogP contribution in [0, 0.1) is 25.7 Å². The number of sulfonamides is 2. The summed E-state index contributed by atoms with van der Waals surface area (Å²) in [5.41, 5.74) is 1.82. The Morgan fingerprint density at radius 2 is 1.48 bits per heavy atom. The predicted molar refractivity (Wildman–Crippen MR) is 115 cm³/mol. The highest BCUT2D eigenvalue weighted by Crippen LogP contribution is 2.28. The van der Waals surface area contributed by atoms with Crippen molar-refractivity contribution in [1.29, 1.82) is 0 Å². The highest BCUT2D eigenvalue weighted by Gasteiger charge is 2.31. The van der Waals surface area contributed by atoms with E-state index in [0.717, 1.165) is 12.0 Å². The van der Waals surface area contributed by atoms with E-state index in [1.807, 2.05) is 13.0 Å². The van der Waals surface area contributed by atoms with Crippen LogP contribution in [-0.2, 0) is 20.0 Å². The molecule has 0 saturated carbocycles. The van der Waals surface area contributed by atoms with E-state index in [1.165, 1.54) is 28.6 Å². The molecule has 0 spiro atoms. The summed E-state index contributed by atoms with van der Waals surface area (Å²) in [6.45, 7) is 8.71. The van der Waals surface area contributed by atoms with Crippen molar-refractivity contribution in [2.75, 3.05) is 17.8 Å². The fourth-order valence-corrected chi connectivity index (χ4v) is 6.92. The molecule has 0 amide bonds. The van der Waals surface area contributed by atoms with Gasteiger partial charge in [-0.3, -0.25) is 4.72 Å². The highest BCUT2D eigenvalue weighted by molar-refractivity contribution is 7.92. The van der Waals surface area contributed by atoms with E-state index in [4.69, 9.17) is 0 Å². The van der Waals surface area contributed by atoms with Gasteiger partial charge in [0.1, 0.15) is 0 Å². The van der Waals surface area contributed by atoms with Crippen LogP contribution in [0.1, 0.15) is 31.4 Å². The smallest absolute Gasteiger partial charge is 0.262 e. The first kappa shape index (κ1) is 21.8. The standard InChI is InChI=1S/C21H28N2O4S2/c1-15-5-6-18(4)21(12-15)28(24,25)22-19-7-9-20(10-8-19)29(26,27)23-13-16(2)11-17(3)14-23/h5-10,12,16-17,22H,11,13-14H2,1-4H3/t16-,17+. The average Bonchev–Trinajstić information content (AvgIpc) is 2.63. The van der Waals surface area contributed by atoms with Gasteiger partial charge >= 0.3 is 0 Å². The number of benzene rings is 2. The van der Waals surface area contributed by atoms with Gasteiger partial charge in [-0.1, -0.05) is 26.0 Å². The average molecular weight is 437 g/mol. The molecule has 6 nitrogen and oxygen atoms in total. The van der Waals surface area contributed by atoms with Gasteiger partial charge in [0.2, 0.25) is 10.0 Å². The largest absolute Gasteiger partial charge is 0.280 e. The molecule has 0 unspecified atom stereocenters. The van der Waals surface area contributed by atoms with Gasteiger partial charge in [-0.25, -0.2) is 16.8 Å². The Morgan fingerprint density at radius 3 is 2.07 bits per heavy atom. The summed E-state index contributed by atoms with van der Waals surface area (Å²) in [5, 5.41) is 0. The number of hydrogen-bond donors (Lipinski definition) is 1. The van der Waals surface area contributed by atoms with Gasteiger partial charge in [0, 0.05) is 18.8 Å². The van der Waals surface area contributed by atoms with E-state index >= 15 is 0 Å². The molecule has 2 atom stereocenters.